The highest BCUT2D eigenvalue weighted by Gasteiger charge is 2.03. The Morgan fingerprint density at radius 2 is 1.65 bits per heavy atom. The quantitative estimate of drug-likeness (QED) is 0.819. The smallest absolute Gasteiger partial charge is 0.224 e. The van der Waals surface area contributed by atoms with Crippen LogP contribution in [0.15, 0.2) is 54.6 Å². The lowest BCUT2D eigenvalue weighted by molar-refractivity contribution is -0.120. The van der Waals surface area contributed by atoms with Gasteiger partial charge in [-0.05, 0) is 16.7 Å². The van der Waals surface area contributed by atoms with Crippen LogP contribution in [0, 0.1) is 0 Å². The molecule has 0 aliphatic carbocycles. The number of carbonyl (C=O) groups excluding carboxylic acids is 1. The number of nitrogens with one attached hydrogen (secondary N) is 1. The maximum atomic E-state index is 11.7. The fraction of sp³-hybridized carbons (Fsp3) is 0.235. The second kappa shape index (κ2) is 7.46. The van der Waals surface area contributed by atoms with E-state index in [0.29, 0.717) is 19.6 Å². The molecule has 3 nitrogen and oxygen atoms in total. The van der Waals surface area contributed by atoms with Crippen molar-refractivity contribution in [2.75, 3.05) is 20.3 Å². The number of amides is 1. The van der Waals surface area contributed by atoms with E-state index in [2.05, 4.69) is 17.4 Å². The zero-order valence-electron chi connectivity index (χ0n) is 11.6. The van der Waals surface area contributed by atoms with Crippen molar-refractivity contribution in [1.29, 1.82) is 0 Å². The van der Waals surface area contributed by atoms with Crippen LogP contribution in [-0.4, -0.2) is 26.2 Å². The Bertz CT molecular complexity index is 535. The molecule has 0 spiro atoms. The van der Waals surface area contributed by atoms with Crippen LogP contribution in [0.25, 0.3) is 11.1 Å². The lowest BCUT2D eigenvalue weighted by Gasteiger charge is -2.06. The number of benzene rings is 2. The summed E-state index contributed by atoms with van der Waals surface area (Å²) in [5.41, 5.74) is 3.36. The Labute approximate surface area is 119 Å². The Hall–Kier alpha value is -2.13. The van der Waals surface area contributed by atoms with Crippen molar-refractivity contribution in [2.45, 2.75) is 6.42 Å². The van der Waals surface area contributed by atoms with Gasteiger partial charge in [-0.2, -0.15) is 0 Å². The Morgan fingerprint density at radius 1 is 1.00 bits per heavy atom. The molecule has 0 heterocycles. The van der Waals surface area contributed by atoms with Crippen molar-refractivity contribution in [3.63, 3.8) is 0 Å². The van der Waals surface area contributed by atoms with Crippen LogP contribution in [0.2, 0.25) is 0 Å². The molecular weight excluding hydrogens is 250 g/mol. The third-order valence-corrected chi connectivity index (χ3v) is 3.05. The number of rotatable bonds is 6. The van der Waals surface area contributed by atoms with E-state index in [9.17, 15) is 4.79 Å². The summed E-state index contributed by atoms with van der Waals surface area (Å²) in [6.07, 6.45) is 0.402. The second-order valence-corrected chi connectivity index (χ2v) is 4.58. The largest absolute Gasteiger partial charge is 0.383 e. The van der Waals surface area contributed by atoms with E-state index >= 15 is 0 Å². The van der Waals surface area contributed by atoms with Gasteiger partial charge in [-0.3, -0.25) is 4.79 Å². The van der Waals surface area contributed by atoms with Crippen molar-refractivity contribution in [3.05, 3.63) is 60.2 Å². The van der Waals surface area contributed by atoms with E-state index in [1.165, 1.54) is 5.56 Å². The number of carbonyl (C=O) groups is 1. The summed E-state index contributed by atoms with van der Waals surface area (Å²) in [6, 6.07) is 18.3. The molecule has 0 saturated carbocycles. The van der Waals surface area contributed by atoms with Crippen LogP contribution in [-0.2, 0) is 16.0 Å². The van der Waals surface area contributed by atoms with Crippen molar-refractivity contribution >= 4 is 5.91 Å². The molecule has 0 atom stereocenters. The van der Waals surface area contributed by atoms with Crippen molar-refractivity contribution in [2.24, 2.45) is 0 Å². The first-order valence-electron chi connectivity index (χ1n) is 6.69. The predicted molar refractivity (Wildman–Crippen MR) is 80.5 cm³/mol. The van der Waals surface area contributed by atoms with Gasteiger partial charge in [0.05, 0.1) is 13.0 Å². The summed E-state index contributed by atoms with van der Waals surface area (Å²) in [4.78, 5) is 11.7. The maximum absolute atomic E-state index is 11.7. The molecule has 0 aliphatic rings. The first-order valence-corrected chi connectivity index (χ1v) is 6.69. The minimum Gasteiger partial charge on any atom is -0.383 e. The van der Waals surface area contributed by atoms with Crippen LogP contribution < -0.4 is 5.32 Å². The second-order valence-electron chi connectivity index (χ2n) is 4.58. The molecule has 104 valence electrons. The van der Waals surface area contributed by atoms with Crippen molar-refractivity contribution < 1.29 is 9.53 Å². The minimum atomic E-state index is 0.0227. The van der Waals surface area contributed by atoms with Gasteiger partial charge in [0, 0.05) is 13.7 Å². The zero-order chi connectivity index (χ0) is 14.2. The van der Waals surface area contributed by atoms with Gasteiger partial charge in [0.15, 0.2) is 0 Å². The summed E-state index contributed by atoms with van der Waals surface area (Å²) in [6.45, 7) is 1.09. The van der Waals surface area contributed by atoms with E-state index in [0.717, 1.165) is 11.1 Å². The van der Waals surface area contributed by atoms with Crippen LogP contribution >= 0.6 is 0 Å². The Morgan fingerprint density at radius 3 is 2.30 bits per heavy atom. The maximum Gasteiger partial charge on any atom is 0.224 e. The molecule has 0 aliphatic heterocycles. The van der Waals surface area contributed by atoms with Gasteiger partial charge in [0.25, 0.3) is 0 Å². The molecule has 0 unspecified atom stereocenters. The lowest BCUT2D eigenvalue weighted by Crippen LogP contribution is -2.28. The number of ether oxygens (including phenoxy) is 1. The third-order valence-electron chi connectivity index (χ3n) is 3.05. The monoisotopic (exact) mass is 269 g/mol. The van der Waals surface area contributed by atoms with Crippen LogP contribution in [0.3, 0.4) is 0 Å². The van der Waals surface area contributed by atoms with E-state index in [4.69, 9.17) is 4.74 Å². The first kappa shape index (κ1) is 14.3. The van der Waals surface area contributed by atoms with Crippen LogP contribution in [0.4, 0.5) is 0 Å². The van der Waals surface area contributed by atoms with Gasteiger partial charge >= 0.3 is 0 Å². The van der Waals surface area contributed by atoms with Gasteiger partial charge in [0.1, 0.15) is 0 Å². The normalized spacial score (nSPS) is 10.2. The number of hydrogen-bond acceptors (Lipinski definition) is 2. The van der Waals surface area contributed by atoms with Crippen molar-refractivity contribution in [3.8, 4) is 11.1 Å². The number of hydrogen-bond donors (Lipinski definition) is 1. The molecule has 1 amide bonds. The molecule has 2 rings (SSSR count). The zero-order valence-corrected chi connectivity index (χ0v) is 11.6. The fourth-order valence-electron chi connectivity index (χ4n) is 1.99. The SMILES string of the molecule is COCCNC(=O)Cc1ccc(-c2ccccc2)cc1. The van der Waals surface area contributed by atoms with E-state index in [1.54, 1.807) is 7.11 Å². The molecule has 0 bridgehead atoms. The first-order chi connectivity index (χ1) is 9.79. The molecule has 2 aromatic carbocycles. The lowest BCUT2D eigenvalue weighted by atomic mass is 10.0. The fourth-order valence-corrected chi connectivity index (χ4v) is 1.99. The van der Waals surface area contributed by atoms with Gasteiger partial charge in [-0.1, -0.05) is 54.6 Å². The highest BCUT2D eigenvalue weighted by molar-refractivity contribution is 5.78. The highest BCUT2D eigenvalue weighted by atomic mass is 16.5. The summed E-state index contributed by atoms with van der Waals surface area (Å²) in [5, 5.41) is 2.81. The summed E-state index contributed by atoms with van der Waals surface area (Å²) in [7, 11) is 1.62. The van der Waals surface area contributed by atoms with E-state index in [1.807, 2.05) is 42.5 Å². The van der Waals surface area contributed by atoms with Crippen molar-refractivity contribution in [1.82, 2.24) is 5.32 Å². The molecule has 0 fully saturated rings. The molecule has 2 aromatic rings. The van der Waals surface area contributed by atoms with E-state index in [-0.39, 0.29) is 5.91 Å². The molecular formula is C17H19NO2. The number of methoxy groups -OCH3 is 1. The van der Waals surface area contributed by atoms with Crippen LogP contribution in [0.5, 0.6) is 0 Å². The topological polar surface area (TPSA) is 38.3 Å². The van der Waals surface area contributed by atoms with Gasteiger partial charge in [-0.25, -0.2) is 0 Å². The standard InChI is InChI=1S/C17H19NO2/c1-20-12-11-18-17(19)13-14-7-9-16(10-8-14)15-5-3-2-4-6-15/h2-10H,11-13H2,1H3,(H,18,19). The molecule has 3 heteroatoms. The average molecular weight is 269 g/mol. The van der Waals surface area contributed by atoms with Crippen LogP contribution in [0.1, 0.15) is 5.56 Å². The highest BCUT2D eigenvalue weighted by Crippen LogP contribution is 2.19. The minimum absolute atomic E-state index is 0.0227. The summed E-state index contributed by atoms with van der Waals surface area (Å²) < 4.78 is 4.89. The van der Waals surface area contributed by atoms with Gasteiger partial charge in [-0.15, -0.1) is 0 Å². The third kappa shape index (κ3) is 4.21. The van der Waals surface area contributed by atoms with E-state index < -0.39 is 0 Å². The predicted octanol–water partition coefficient (Wildman–Crippen LogP) is 2.66. The van der Waals surface area contributed by atoms with Gasteiger partial charge in [0.2, 0.25) is 5.91 Å². The molecule has 1 N–H and O–H groups in total. The summed E-state index contributed by atoms with van der Waals surface area (Å²) in [5.74, 6) is 0.0227. The molecule has 0 aromatic heterocycles. The Balaban J connectivity index is 1.93. The Kier molecular flexibility index (Phi) is 5.33. The molecule has 0 radical (unpaired) electrons. The average Bonchev–Trinajstić information content (AvgIpc) is 2.49. The molecule has 0 saturated heterocycles. The summed E-state index contributed by atoms with van der Waals surface area (Å²) >= 11 is 0. The molecule has 20 heavy (non-hydrogen) atoms. The van der Waals surface area contributed by atoms with Gasteiger partial charge < -0.3 is 10.1 Å².